The van der Waals surface area contributed by atoms with E-state index in [9.17, 15) is 9.59 Å². The Bertz CT molecular complexity index is 598. The Morgan fingerprint density at radius 2 is 2.09 bits per heavy atom. The molecule has 1 aliphatic carbocycles. The number of carbonyl (C=O) groups is 2. The van der Waals surface area contributed by atoms with E-state index in [4.69, 9.17) is 0 Å². The minimum absolute atomic E-state index is 0.0689. The summed E-state index contributed by atoms with van der Waals surface area (Å²) in [5.41, 5.74) is 0.888. The molecule has 1 aliphatic heterocycles. The molecule has 3 rings (SSSR count). The fourth-order valence-corrected chi connectivity index (χ4v) is 4.18. The van der Waals surface area contributed by atoms with Gasteiger partial charge in [-0.15, -0.1) is 0 Å². The van der Waals surface area contributed by atoms with Crippen molar-refractivity contribution in [1.82, 2.24) is 4.90 Å². The van der Waals surface area contributed by atoms with Crippen molar-refractivity contribution in [1.29, 1.82) is 0 Å². The summed E-state index contributed by atoms with van der Waals surface area (Å²) in [6, 6.07) is 8.13. The predicted octanol–water partition coefficient (Wildman–Crippen LogP) is 3.59. The van der Waals surface area contributed by atoms with E-state index in [0.29, 0.717) is 25.6 Å². The van der Waals surface area contributed by atoms with Gasteiger partial charge in [0.2, 0.25) is 11.8 Å². The maximum absolute atomic E-state index is 12.9. The lowest BCUT2D eigenvalue weighted by molar-refractivity contribution is -0.130. The molecule has 1 aromatic carbocycles. The second kappa shape index (κ2) is 7.04. The molecule has 23 heavy (non-hydrogen) atoms. The number of anilines is 1. The van der Waals surface area contributed by atoms with Gasteiger partial charge in [-0.2, -0.15) is 0 Å². The van der Waals surface area contributed by atoms with Crippen LogP contribution in [0, 0.1) is 5.92 Å². The molecule has 1 saturated carbocycles. The van der Waals surface area contributed by atoms with Gasteiger partial charge < -0.3 is 9.80 Å². The second-order valence-electron chi connectivity index (χ2n) is 6.45. The maximum Gasteiger partial charge on any atom is 0.232 e. The standard InChI is InChI=1S/C18H23BrN2O2/c1-2-20(16-9-5-6-14(19)11-16)18(23)13-10-17(22)21(12-13)15-7-3-4-8-15/h5-6,9,11,13,15H,2-4,7-8,10,12H2,1H3. The van der Waals surface area contributed by atoms with Gasteiger partial charge >= 0.3 is 0 Å². The van der Waals surface area contributed by atoms with Crippen LogP contribution in [-0.2, 0) is 9.59 Å². The third kappa shape index (κ3) is 3.44. The number of carbonyl (C=O) groups excluding carboxylic acids is 2. The molecule has 2 aliphatic rings. The van der Waals surface area contributed by atoms with Crippen LogP contribution in [0.15, 0.2) is 28.7 Å². The molecular formula is C18H23BrN2O2. The molecule has 1 heterocycles. The van der Waals surface area contributed by atoms with Crippen molar-refractivity contribution in [3.63, 3.8) is 0 Å². The molecule has 1 aromatic rings. The summed E-state index contributed by atoms with van der Waals surface area (Å²) < 4.78 is 0.955. The zero-order valence-corrected chi connectivity index (χ0v) is 15.1. The van der Waals surface area contributed by atoms with Crippen molar-refractivity contribution in [3.05, 3.63) is 28.7 Å². The first kappa shape index (κ1) is 16.5. The number of amides is 2. The number of rotatable bonds is 4. The fraction of sp³-hybridized carbons (Fsp3) is 0.556. The highest BCUT2D eigenvalue weighted by molar-refractivity contribution is 9.10. The zero-order valence-electron chi connectivity index (χ0n) is 13.5. The van der Waals surface area contributed by atoms with Crippen molar-refractivity contribution in [2.75, 3.05) is 18.0 Å². The first-order valence-corrected chi connectivity index (χ1v) is 9.26. The molecule has 2 fully saturated rings. The van der Waals surface area contributed by atoms with Crippen LogP contribution in [0.2, 0.25) is 0 Å². The van der Waals surface area contributed by atoms with Crippen LogP contribution in [0.1, 0.15) is 39.0 Å². The maximum atomic E-state index is 12.9. The Hall–Kier alpha value is -1.36. The first-order chi connectivity index (χ1) is 11.1. The van der Waals surface area contributed by atoms with E-state index in [1.165, 1.54) is 12.8 Å². The predicted molar refractivity (Wildman–Crippen MR) is 94.2 cm³/mol. The van der Waals surface area contributed by atoms with Crippen LogP contribution in [0.4, 0.5) is 5.69 Å². The number of likely N-dealkylation sites (tertiary alicyclic amines) is 1. The highest BCUT2D eigenvalue weighted by Crippen LogP contribution is 2.31. The normalized spacial score (nSPS) is 21.9. The molecule has 0 N–H and O–H groups in total. The first-order valence-electron chi connectivity index (χ1n) is 8.46. The number of hydrogen-bond acceptors (Lipinski definition) is 2. The van der Waals surface area contributed by atoms with E-state index in [1.54, 1.807) is 4.90 Å². The second-order valence-corrected chi connectivity index (χ2v) is 7.36. The Morgan fingerprint density at radius 1 is 1.35 bits per heavy atom. The van der Waals surface area contributed by atoms with Crippen molar-refractivity contribution in [2.45, 2.75) is 45.1 Å². The van der Waals surface area contributed by atoms with E-state index in [-0.39, 0.29) is 17.7 Å². The Labute approximate surface area is 146 Å². The molecule has 0 bridgehead atoms. The summed E-state index contributed by atoms with van der Waals surface area (Å²) in [7, 11) is 0. The van der Waals surface area contributed by atoms with Crippen molar-refractivity contribution in [2.24, 2.45) is 5.92 Å². The van der Waals surface area contributed by atoms with Crippen LogP contribution in [-0.4, -0.2) is 35.8 Å². The van der Waals surface area contributed by atoms with Gasteiger partial charge in [0.05, 0.1) is 5.92 Å². The van der Waals surface area contributed by atoms with Gasteiger partial charge in [0.15, 0.2) is 0 Å². The molecule has 1 saturated heterocycles. The average molecular weight is 379 g/mol. The Balaban J connectivity index is 1.73. The lowest BCUT2D eigenvalue weighted by Crippen LogP contribution is -2.39. The summed E-state index contributed by atoms with van der Waals surface area (Å²) >= 11 is 3.46. The zero-order chi connectivity index (χ0) is 16.4. The minimum Gasteiger partial charge on any atom is -0.339 e. The molecule has 124 valence electrons. The molecule has 1 atom stereocenters. The Kier molecular flexibility index (Phi) is 5.05. The van der Waals surface area contributed by atoms with E-state index < -0.39 is 0 Å². The number of benzene rings is 1. The molecule has 0 spiro atoms. The lowest BCUT2D eigenvalue weighted by atomic mass is 10.1. The third-order valence-corrected chi connectivity index (χ3v) is 5.47. The molecule has 1 unspecified atom stereocenters. The van der Waals surface area contributed by atoms with Gasteiger partial charge in [0, 0.05) is 35.7 Å². The number of hydrogen-bond donors (Lipinski definition) is 0. The minimum atomic E-state index is -0.206. The van der Waals surface area contributed by atoms with Gasteiger partial charge in [-0.3, -0.25) is 9.59 Å². The van der Waals surface area contributed by atoms with Gasteiger partial charge in [0.1, 0.15) is 0 Å². The Morgan fingerprint density at radius 3 is 2.74 bits per heavy atom. The van der Waals surface area contributed by atoms with E-state index >= 15 is 0 Å². The SMILES string of the molecule is CCN(C(=O)C1CC(=O)N(C2CCCC2)C1)c1cccc(Br)c1. The van der Waals surface area contributed by atoms with E-state index in [2.05, 4.69) is 15.9 Å². The van der Waals surface area contributed by atoms with Gasteiger partial charge in [-0.25, -0.2) is 0 Å². The van der Waals surface area contributed by atoms with Crippen LogP contribution in [0.5, 0.6) is 0 Å². The molecule has 0 radical (unpaired) electrons. The highest BCUT2D eigenvalue weighted by atomic mass is 79.9. The summed E-state index contributed by atoms with van der Waals surface area (Å²) in [5.74, 6) is 0.0158. The smallest absolute Gasteiger partial charge is 0.232 e. The molecular weight excluding hydrogens is 356 g/mol. The largest absolute Gasteiger partial charge is 0.339 e. The van der Waals surface area contributed by atoms with Crippen LogP contribution in [0.25, 0.3) is 0 Å². The lowest BCUT2D eigenvalue weighted by Gasteiger charge is -2.26. The molecule has 2 amide bonds. The van der Waals surface area contributed by atoms with E-state index in [1.807, 2.05) is 36.1 Å². The van der Waals surface area contributed by atoms with Crippen molar-refractivity contribution >= 4 is 33.4 Å². The van der Waals surface area contributed by atoms with Gasteiger partial charge in [0.25, 0.3) is 0 Å². The van der Waals surface area contributed by atoms with Gasteiger partial charge in [-0.05, 0) is 38.0 Å². The number of nitrogens with zero attached hydrogens (tertiary/aromatic N) is 2. The van der Waals surface area contributed by atoms with Crippen molar-refractivity contribution in [3.8, 4) is 0 Å². The number of halogens is 1. The molecule has 5 heteroatoms. The third-order valence-electron chi connectivity index (χ3n) is 4.98. The summed E-state index contributed by atoms with van der Waals surface area (Å²) in [5, 5.41) is 0. The summed E-state index contributed by atoms with van der Waals surface area (Å²) in [4.78, 5) is 29.0. The summed E-state index contributed by atoms with van der Waals surface area (Å²) in [6.07, 6.45) is 4.95. The van der Waals surface area contributed by atoms with E-state index in [0.717, 1.165) is 23.0 Å². The topological polar surface area (TPSA) is 40.6 Å². The summed E-state index contributed by atoms with van der Waals surface area (Å²) in [6.45, 7) is 3.18. The average Bonchev–Trinajstić information content (AvgIpc) is 3.17. The molecule has 0 aromatic heterocycles. The molecule has 4 nitrogen and oxygen atoms in total. The van der Waals surface area contributed by atoms with Gasteiger partial charge in [-0.1, -0.05) is 34.8 Å². The van der Waals surface area contributed by atoms with Crippen LogP contribution in [0.3, 0.4) is 0 Å². The monoisotopic (exact) mass is 378 g/mol. The fourth-order valence-electron chi connectivity index (χ4n) is 3.80. The quantitative estimate of drug-likeness (QED) is 0.802. The van der Waals surface area contributed by atoms with Crippen molar-refractivity contribution < 1.29 is 9.59 Å². The highest BCUT2D eigenvalue weighted by Gasteiger charge is 2.40. The van der Waals surface area contributed by atoms with Crippen LogP contribution >= 0.6 is 15.9 Å². The van der Waals surface area contributed by atoms with Crippen LogP contribution < -0.4 is 4.90 Å².